The van der Waals surface area contributed by atoms with Gasteiger partial charge in [0.15, 0.2) is 0 Å². The SMILES string of the molecule is CCOC(=O)Oc1ccc(C(=O)Nc2cccc(NC(=O)/C=C/c3ccccc3F)c2)cc1. The second kappa shape index (κ2) is 11.2. The van der Waals surface area contributed by atoms with Crippen molar-refractivity contribution in [2.24, 2.45) is 0 Å². The molecular formula is C25H21FN2O5. The van der Waals surface area contributed by atoms with E-state index in [4.69, 9.17) is 9.47 Å². The molecule has 2 N–H and O–H groups in total. The third-order valence-electron chi connectivity index (χ3n) is 4.29. The minimum atomic E-state index is -0.822. The molecule has 0 radical (unpaired) electrons. The van der Waals surface area contributed by atoms with Gasteiger partial charge in [-0.3, -0.25) is 9.59 Å². The summed E-state index contributed by atoms with van der Waals surface area (Å²) in [5, 5.41) is 5.39. The largest absolute Gasteiger partial charge is 0.513 e. The second-order valence-corrected chi connectivity index (χ2v) is 6.69. The zero-order chi connectivity index (χ0) is 23.6. The fourth-order valence-electron chi connectivity index (χ4n) is 2.76. The van der Waals surface area contributed by atoms with Crippen LogP contribution in [0.15, 0.2) is 78.9 Å². The van der Waals surface area contributed by atoms with Gasteiger partial charge in [0.2, 0.25) is 5.91 Å². The summed E-state index contributed by atoms with van der Waals surface area (Å²) < 4.78 is 23.3. The lowest BCUT2D eigenvalue weighted by Gasteiger charge is -2.09. The summed E-state index contributed by atoms with van der Waals surface area (Å²) in [4.78, 5) is 36.0. The third kappa shape index (κ3) is 7.03. The smallest absolute Gasteiger partial charge is 0.434 e. The van der Waals surface area contributed by atoms with Crippen molar-refractivity contribution in [2.75, 3.05) is 17.2 Å². The first-order valence-electron chi connectivity index (χ1n) is 10.0. The van der Waals surface area contributed by atoms with Crippen LogP contribution in [0.1, 0.15) is 22.8 Å². The van der Waals surface area contributed by atoms with Crippen molar-refractivity contribution in [3.8, 4) is 5.75 Å². The average molecular weight is 448 g/mol. The molecular weight excluding hydrogens is 427 g/mol. The van der Waals surface area contributed by atoms with E-state index in [9.17, 15) is 18.8 Å². The van der Waals surface area contributed by atoms with E-state index >= 15 is 0 Å². The van der Waals surface area contributed by atoms with Crippen molar-refractivity contribution >= 4 is 35.4 Å². The molecule has 0 bridgehead atoms. The molecule has 3 aromatic rings. The molecule has 168 valence electrons. The summed E-state index contributed by atoms with van der Waals surface area (Å²) in [5.41, 5.74) is 1.55. The maximum atomic E-state index is 13.6. The first-order valence-corrected chi connectivity index (χ1v) is 10.0. The normalized spacial score (nSPS) is 10.5. The van der Waals surface area contributed by atoms with Crippen LogP contribution in [0.25, 0.3) is 6.08 Å². The Balaban J connectivity index is 1.59. The maximum absolute atomic E-state index is 13.6. The van der Waals surface area contributed by atoms with Gasteiger partial charge in [0.25, 0.3) is 5.91 Å². The van der Waals surface area contributed by atoms with Crippen LogP contribution >= 0.6 is 0 Å². The Bertz CT molecular complexity index is 1180. The summed E-state index contributed by atoms with van der Waals surface area (Å²) in [7, 11) is 0. The van der Waals surface area contributed by atoms with Crippen molar-refractivity contribution in [1.29, 1.82) is 0 Å². The number of hydrogen-bond acceptors (Lipinski definition) is 5. The van der Waals surface area contributed by atoms with E-state index in [0.717, 1.165) is 0 Å². The lowest BCUT2D eigenvalue weighted by atomic mass is 10.2. The fraction of sp³-hybridized carbons (Fsp3) is 0.0800. The summed E-state index contributed by atoms with van der Waals surface area (Å²) >= 11 is 0. The van der Waals surface area contributed by atoms with E-state index in [1.54, 1.807) is 49.4 Å². The van der Waals surface area contributed by atoms with Crippen LogP contribution in [-0.4, -0.2) is 24.6 Å². The number of ether oxygens (including phenoxy) is 2. The Morgan fingerprint density at radius 1 is 0.909 bits per heavy atom. The average Bonchev–Trinajstić information content (AvgIpc) is 2.79. The quantitative estimate of drug-likeness (QED) is 0.292. The molecule has 2 amide bonds. The Hall–Kier alpha value is -4.46. The maximum Gasteiger partial charge on any atom is 0.513 e. The van der Waals surface area contributed by atoms with Gasteiger partial charge in [0.1, 0.15) is 11.6 Å². The van der Waals surface area contributed by atoms with E-state index in [0.29, 0.717) is 22.5 Å². The van der Waals surface area contributed by atoms with Crippen LogP contribution < -0.4 is 15.4 Å². The van der Waals surface area contributed by atoms with Crippen LogP contribution in [0.5, 0.6) is 5.75 Å². The number of rotatable bonds is 7. The number of carbonyl (C=O) groups excluding carboxylic acids is 3. The molecule has 0 spiro atoms. The number of hydrogen-bond donors (Lipinski definition) is 2. The molecule has 0 atom stereocenters. The molecule has 0 aromatic heterocycles. The number of amides is 2. The lowest BCUT2D eigenvalue weighted by Crippen LogP contribution is -2.13. The van der Waals surface area contributed by atoms with Crippen molar-refractivity contribution in [3.63, 3.8) is 0 Å². The molecule has 7 nitrogen and oxygen atoms in total. The number of nitrogens with one attached hydrogen (secondary N) is 2. The van der Waals surface area contributed by atoms with Crippen LogP contribution in [0.2, 0.25) is 0 Å². The van der Waals surface area contributed by atoms with Crippen molar-refractivity contribution in [1.82, 2.24) is 0 Å². The van der Waals surface area contributed by atoms with E-state index in [1.165, 1.54) is 42.5 Å². The number of carbonyl (C=O) groups is 3. The Kier molecular flexibility index (Phi) is 7.91. The summed E-state index contributed by atoms with van der Waals surface area (Å²) in [6.07, 6.45) is 1.78. The summed E-state index contributed by atoms with van der Waals surface area (Å²) in [6.45, 7) is 1.86. The molecule has 33 heavy (non-hydrogen) atoms. The Labute approximate surface area is 189 Å². The van der Waals surface area contributed by atoms with Crippen LogP contribution in [0.4, 0.5) is 20.6 Å². The highest BCUT2D eigenvalue weighted by molar-refractivity contribution is 6.05. The standard InChI is InChI=1S/C25H21FN2O5/c1-2-32-25(31)33-21-13-10-18(11-14-21)24(30)28-20-8-5-7-19(16-20)27-23(29)15-12-17-6-3-4-9-22(17)26/h3-16H,2H2,1H3,(H,27,29)(H,28,30)/b15-12+. The monoisotopic (exact) mass is 448 g/mol. The van der Waals surface area contributed by atoms with E-state index in [1.807, 2.05) is 0 Å². The predicted octanol–water partition coefficient (Wildman–Crippen LogP) is 5.27. The molecule has 0 saturated heterocycles. The van der Waals surface area contributed by atoms with Gasteiger partial charge < -0.3 is 20.1 Å². The molecule has 0 heterocycles. The number of anilines is 2. The topological polar surface area (TPSA) is 93.7 Å². The number of halogens is 1. The Morgan fingerprint density at radius 3 is 2.30 bits per heavy atom. The van der Waals surface area contributed by atoms with Gasteiger partial charge in [-0.15, -0.1) is 0 Å². The predicted molar refractivity (Wildman–Crippen MR) is 123 cm³/mol. The zero-order valence-electron chi connectivity index (χ0n) is 17.7. The first-order chi connectivity index (χ1) is 15.9. The minimum Gasteiger partial charge on any atom is -0.434 e. The van der Waals surface area contributed by atoms with Gasteiger partial charge in [-0.1, -0.05) is 24.3 Å². The van der Waals surface area contributed by atoms with Gasteiger partial charge >= 0.3 is 6.16 Å². The van der Waals surface area contributed by atoms with E-state index < -0.39 is 17.9 Å². The second-order valence-electron chi connectivity index (χ2n) is 6.69. The van der Waals surface area contributed by atoms with Crippen molar-refractivity contribution in [3.05, 3.63) is 95.8 Å². The van der Waals surface area contributed by atoms with Crippen LogP contribution in [0, 0.1) is 5.82 Å². The zero-order valence-corrected chi connectivity index (χ0v) is 17.7. The molecule has 0 aliphatic carbocycles. The minimum absolute atomic E-state index is 0.195. The Morgan fingerprint density at radius 2 is 1.61 bits per heavy atom. The lowest BCUT2D eigenvalue weighted by molar-refractivity contribution is -0.111. The first kappa shape index (κ1) is 23.2. The summed E-state index contributed by atoms with van der Waals surface area (Å²) in [6, 6.07) is 18.7. The van der Waals surface area contributed by atoms with Crippen molar-refractivity contribution in [2.45, 2.75) is 6.92 Å². The molecule has 3 rings (SSSR count). The van der Waals surface area contributed by atoms with Gasteiger partial charge in [0.05, 0.1) is 6.61 Å². The van der Waals surface area contributed by atoms with Gasteiger partial charge in [-0.2, -0.15) is 0 Å². The van der Waals surface area contributed by atoms with E-state index in [2.05, 4.69) is 10.6 Å². The highest BCUT2D eigenvalue weighted by Crippen LogP contribution is 2.18. The van der Waals surface area contributed by atoms with Crippen LogP contribution in [0.3, 0.4) is 0 Å². The van der Waals surface area contributed by atoms with Crippen LogP contribution in [-0.2, 0) is 9.53 Å². The van der Waals surface area contributed by atoms with Gasteiger partial charge in [-0.05, 0) is 61.5 Å². The van der Waals surface area contributed by atoms with Gasteiger partial charge in [-0.25, -0.2) is 9.18 Å². The molecule has 3 aromatic carbocycles. The van der Waals surface area contributed by atoms with Crippen molar-refractivity contribution < 1.29 is 28.2 Å². The fourth-order valence-corrected chi connectivity index (χ4v) is 2.76. The number of benzene rings is 3. The molecule has 0 saturated carbocycles. The molecule has 0 aliphatic heterocycles. The molecule has 0 unspecified atom stereocenters. The van der Waals surface area contributed by atoms with E-state index in [-0.39, 0.29) is 18.3 Å². The highest BCUT2D eigenvalue weighted by atomic mass is 19.1. The molecule has 0 aliphatic rings. The molecule has 8 heteroatoms. The van der Waals surface area contributed by atoms with Gasteiger partial charge in [0, 0.05) is 28.6 Å². The summed E-state index contributed by atoms with van der Waals surface area (Å²) in [5.74, 6) is -1.01. The highest BCUT2D eigenvalue weighted by Gasteiger charge is 2.09. The third-order valence-corrected chi connectivity index (χ3v) is 4.29. The molecule has 0 fully saturated rings.